The highest BCUT2D eigenvalue weighted by Gasteiger charge is 2.37. The summed E-state index contributed by atoms with van der Waals surface area (Å²) in [5.74, 6) is -0.777. The number of amides is 1. The zero-order valence-corrected chi connectivity index (χ0v) is 11.2. The summed E-state index contributed by atoms with van der Waals surface area (Å²) in [4.78, 5) is 22.6. The monoisotopic (exact) mass is 244 g/mol. The van der Waals surface area contributed by atoms with Crippen LogP contribution in [-0.4, -0.2) is 36.1 Å². The molecule has 0 aromatic rings. The third kappa shape index (κ3) is 4.73. The molecule has 0 aliphatic carbocycles. The Morgan fingerprint density at radius 1 is 1.35 bits per heavy atom. The van der Waals surface area contributed by atoms with Crippen LogP contribution in [0.15, 0.2) is 0 Å². The molecule has 0 fully saturated rings. The van der Waals surface area contributed by atoms with Crippen LogP contribution in [-0.2, 0) is 9.59 Å². The molecule has 0 saturated carbocycles. The molecule has 17 heavy (non-hydrogen) atoms. The zero-order chi connectivity index (χ0) is 13.5. The smallest absolute Gasteiger partial charge is 0.323 e. The van der Waals surface area contributed by atoms with Gasteiger partial charge < -0.3 is 10.4 Å². The molecule has 0 aliphatic heterocycles. The number of carboxylic acids is 1. The van der Waals surface area contributed by atoms with Crippen molar-refractivity contribution in [2.45, 2.75) is 45.6 Å². The van der Waals surface area contributed by atoms with Gasteiger partial charge in [-0.2, -0.15) is 0 Å². The SMILES string of the molecule is CCC(C)CC(CC)(NCC(=O)NC)C(=O)O. The molecule has 0 spiro atoms. The van der Waals surface area contributed by atoms with Crippen LogP contribution in [0.5, 0.6) is 0 Å². The summed E-state index contributed by atoms with van der Waals surface area (Å²) in [6.07, 6.45) is 1.92. The first-order valence-corrected chi connectivity index (χ1v) is 6.10. The van der Waals surface area contributed by atoms with Crippen molar-refractivity contribution in [3.05, 3.63) is 0 Å². The number of nitrogens with one attached hydrogen (secondary N) is 2. The highest BCUT2D eigenvalue weighted by atomic mass is 16.4. The maximum atomic E-state index is 11.4. The molecule has 3 N–H and O–H groups in total. The Morgan fingerprint density at radius 3 is 2.29 bits per heavy atom. The second-order valence-corrected chi connectivity index (χ2v) is 4.49. The Balaban J connectivity index is 4.70. The average Bonchev–Trinajstić information content (AvgIpc) is 2.33. The Hall–Kier alpha value is -1.10. The summed E-state index contributed by atoms with van der Waals surface area (Å²) in [7, 11) is 1.53. The van der Waals surface area contributed by atoms with E-state index in [9.17, 15) is 14.7 Å². The van der Waals surface area contributed by atoms with Crippen LogP contribution in [0, 0.1) is 5.92 Å². The summed E-state index contributed by atoms with van der Waals surface area (Å²) in [5.41, 5.74) is -0.998. The molecule has 0 bridgehead atoms. The fraction of sp³-hybridized carbons (Fsp3) is 0.833. The lowest BCUT2D eigenvalue weighted by molar-refractivity contribution is -0.146. The molecule has 2 unspecified atom stereocenters. The van der Waals surface area contributed by atoms with Crippen molar-refractivity contribution >= 4 is 11.9 Å². The first-order chi connectivity index (χ1) is 7.91. The van der Waals surface area contributed by atoms with Crippen LogP contribution in [0.2, 0.25) is 0 Å². The van der Waals surface area contributed by atoms with E-state index in [1.54, 1.807) is 0 Å². The highest BCUT2D eigenvalue weighted by molar-refractivity contribution is 5.82. The quantitative estimate of drug-likeness (QED) is 0.595. The van der Waals surface area contributed by atoms with Crippen LogP contribution in [0.3, 0.4) is 0 Å². The standard InChI is InChI=1S/C12H24N2O3/c1-5-9(3)7-12(6-2,11(16)17)14-8-10(15)13-4/h9,14H,5-8H2,1-4H3,(H,13,15)(H,16,17). The van der Waals surface area contributed by atoms with Crippen molar-refractivity contribution in [3.8, 4) is 0 Å². The van der Waals surface area contributed by atoms with Gasteiger partial charge in [0.25, 0.3) is 0 Å². The van der Waals surface area contributed by atoms with Crippen molar-refractivity contribution in [1.29, 1.82) is 0 Å². The van der Waals surface area contributed by atoms with E-state index in [1.807, 2.05) is 20.8 Å². The molecule has 100 valence electrons. The van der Waals surface area contributed by atoms with Crippen molar-refractivity contribution < 1.29 is 14.7 Å². The van der Waals surface area contributed by atoms with Gasteiger partial charge in [-0.3, -0.25) is 14.9 Å². The summed E-state index contributed by atoms with van der Waals surface area (Å²) in [6, 6.07) is 0. The van der Waals surface area contributed by atoms with Crippen LogP contribution in [0.1, 0.15) is 40.0 Å². The molecule has 1 amide bonds. The molecule has 0 aromatic carbocycles. The van der Waals surface area contributed by atoms with E-state index in [1.165, 1.54) is 7.05 Å². The van der Waals surface area contributed by atoms with E-state index in [0.717, 1.165) is 6.42 Å². The predicted octanol–water partition coefficient (Wildman–Crippen LogP) is 0.992. The minimum Gasteiger partial charge on any atom is -0.480 e. The van der Waals surface area contributed by atoms with Gasteiger partial charge in [0, 0.05) is 7.05 Å². The Bertz CT molecular complexity index is 268. The van der Waals surface area contributed by atoms with Crippen molar-refractivity contribution in [1.82, 2.24) is 10.6 Å². The molecular formula is C12H24N2O3. The number of likely N-dealkylation sites (N-methyl/N-ethyl adjacent to an activating group) is 1. The zero-order valence-electron chi connectivity index (χ0n) is 11.2. The highest BCUT2D eigenvalue weighted by Crippen LogP contribution is 2.23. The number of rotatable bonds is 8. The van der Waals surface area contributed by atoms with Gasteiger partial charge in [-0.05, 0) is 18.8 Å². The van der Waals surface area contributed by atoms with E-state index in [-0.39, 0.29) is 12.5 Å². The Kier molecular flexibility index (Phi) is 6.80. The largest absolute Gasteiger partial charge is 0.480 e. The normalized spacial score (nSPS) is 16.0. The summed E-state index contributed by atoms with van der Waals surface area (Å²) in [5, 5.41) is 14.7. The summed E-state index contributed by atoms with van der Waals surface area (Å²) in [6.45, 7) is 5.92. The maximum absolute atomic E-state index is 11.4. The molecule has 0 aliphatic rings. The molecule has 5 nitrogen and oxygen atoms in total. The van der Waals surface area contributed by atoms with Crippen molar-refractivity contribution in [2.24, 2.45) is 5.92 Å². The minimum atomic E-state index is -0.998. The first kappa shape index (κ1) is 15.9. The molecule has 0 rings (SSSR count). The third-order valence-electron chi connectivity index (χ3n) is 3.27. The minimum absolute atomic E-state index is 0.0348. The second-order valence-electron chi connectivity index (χ2n) is 4.49. The van der Waals surface area contributed by atoms with Gasteiger partial charge in [0.05, 0.1) is 6.54 Å². The molecule has 0 heterocycles. The summed E-state index contributed by atoms with van der Waals surface area (Å²) >= 11 is 0. The number of aliphatic carboxylic acids is 1. The van der Waals surface area contributed by atoms with E-state index >= 15 is 0 Å². The van der Waals surface area contributed by atoms with Gasteiger partial charge in [-0.25, -0.2) is 0 Å². The fourth-order valence-corrected chi connectivity index (χ4v) is 1.73. The number of carbonyl (C=O) groups is 2. The van der Waals surface area contributed by atoms with Crippen LogP contribution in [0.25, 0.3) is 0 Å². The van der Waals surface area contributed by atoms with Gasteiger partial charge in [-0.15, -0.1) is 0 Å². The number of carboxylic acid groups (broad SMARTS) is 1. The maximum Gasteiger partial charge on any atom is 0.323 e. The second kappa shape index (κ2) is 7.27. The first-order valence-electron chi connectivity index (χ1n) is 6.10. The van der Waals surface area contributed by atoms with E-state index < -0.39 is 11.5 Å². The molecule has 0 saturated heterocycles. The van der Waals surface area contributed by atoms with Crippen molar-refractivity contribution in [3.63, 3.8) is 0 Å². The molecular weight excluding hydrogens is 220 g/mol. The number of hydrogen-bond donors (Lipinski definition) is 3. The third-order valence-corrected chi connectivity index (χ3v) is 3.27. The van der Waals surface area contributed by atoms with E-state index in [2.05, 4.69) is 10.6 Å². The van der Waals surface area contributed by atoms with Gasteiger partial charge in [0.15, 0.2) is 0 Å². The fourth-order valence-electron chi connectivity index (χ4n) is 1.73. The predicted molar refractivity (Wildman–Crippen MR) is 66.8 cm³/mol. The molecule has 0 radical (unpaired) electrons. The molecule has 5 heteroatoms. The Labute approximate surface area is 103 Å². The topological polar surface area (TPSA) is 78.4 Å². The Morgan fingerprint density at radius 2 is 1.94 bits per heavy atom. The number of carbonyl (C=O) groups excluding carboxylic acids is 1. The lowest BCUT2D eigenvalue weighted by Crippen LogP contribution is -2.55. The van der Waals surface area contributed by atoms with Gasteiger partial charge in [0.1, 0.15) is 5.54 Å². The van der Waals surface area contributed by atoms with Crippen LogP contribution >= 0.6 is 0 Å². The van der Waals surface area contributed by atoms with Crippen molar-refractivity contribution in [2.75, 3.05) is 13.6 Å². The summed E-state index contributed by atoms with van der Waals surface area (Å²) < 4.78 is 0. The van der Waals surface area contributed by atoms with Crippen LogP contribution < -0.4 is 10.6 Å². The molecule has 0 aromatic heterocycles. The van der Waals surface area contributed by atoms with Crippen LogP contribution in [0.4, 0.5) is 0 Å². The van der Waals surface area contributed by atoms with Gasteiger partial charge >= 0.3 is 5.97 Å². The average molecular weight is 244 g/mol. The molecule has 2 atom stereocenters. The van der Waals surface area contributed by atoms with Gasteiger partial charge in [0.2, 0.25) is 5.91 Å². The number of hydrogen-bond acceptors (Lipinski definition) is 3. The van der Waals surface area contributed by atoms with Gasteiger partial charge in [-0.1, -0.05) is 27.2 Å². The lowest BCUT2D eigenvalue weighted by atomic mass is 9.84. The van der Waals surface area contributed by atoms with E-state index in [4.69, 9.17) is 0 Å². The lowest BCUT2D eigenvalue weighted by Gasteiger charge is -2.31. The van der Waals surface area contributed by atoms with E-state index in [0.29, 0.717) is 18.8 Å².